The molecule has 1 aliphatic heterocycles. The monoisotopic (exact) mass is 385 g/mol. The molecule has 0 amide bonds. The number of pyridine rings is 1. The molecule has 2 aromatic carbocycles. The molecule has 3 heterocycles. The number of rotatable bonds is 3. The number of anilines is 1. The van der Waals surface area contributed by atoms with Crippen molar-refractivity contribution in [1.82, 2.24) is 9.55 Å². The molecule has 1 aliphatic rings. The van der Waals surface area contributed by atoms with Crippen molar-refractivity contribution in [3.05, 3.63) is 94.6 Å². The minimum atomic E-state index is -0.145. The molecule has 0 saturated heterocycles. The van der Waals surface area contributed by atoms with Crippen LogP contribution in [0.15, 0.2) is 60.8 Å². The van der Waals surface area contributed by atoms with Gasteiger partial charge >= 0.3 is 0 Å². The first-order valence-corrected chi connectivity index (χ1v) is 10.1. The Morgan fingerprint density at radius 2 is 1.83 bits per heavy atom. The van der Waals surface area contributed by atoms with E-state index in [0.29, 0.717) is 6.54 Å². The third-order valence-electron chi connectivity index (χ3n) is 6.12. The molecule has 4 aromatic rings. The Kier molecular flexibility index (Phi) is 4.35. The summed E-state index contributed by atoms with van der Waals surface area (Å²) in [6.45, 7) is 6.42. The van der Waals surface area contributed by atoms with Crippen LogP contribution in [0.4, 0.5) is 10.2 Å². The molecule has 0 unspecified atom stereocenters. The van der Waals surface area contributed by atoms with Crippen molar-refractivity contribution in [2.45, 2.75) is 33.4 Å². The van der Waals surface area contributed by atoms with E-state index in [2.05, 4.69) is 46.7 Å². The lowest BCUT2D eigenvalue weighted by Gasteiger charge is -2.30. The minimum absolute atomic E-state index is 0.145. The van der Waals surface area contributed by atoms with Crippen LogP contribution in [0.1, 0.15) is 27.9 Å². The highest BCUT2D eigenvalue weighted by Gasteiger charge is 2.21. The standard InChI is InChI=1S/C25H24FN3/c1-17-6-5-9-23(26)22(17)16-29-18(2)14-21-24(29)10-12-27-25(21)28-13-11-19-7-3-4-8-20(19)15-28/h3-10,12,14H,11,13,15-16H2,1-2H3. The number of hydrogen-bond acceptors (Lipinski definition) is 2. The summed E-state index contributed by atoms with van der Waals surface area (Å²) < 4.78 is 16.6. The summed E-state index contributed by atoms with van der Waals surface area (Å²) in [6, 6.07) is 18.2. The zero-order valence-electron chi connectivity index (χ0n) is 16.8. The molecule has 146 valence electrons. The minimum Gasteiger partial charge on any atom is -0.351 e. The smallest absolute Gasteiger partial charge is 0.138 e. The van der Waals surface area contributed by atoms with Gasteiger partial charge in [0.2, 0.25) is 0 Å². The van der Waals surface area contributed by atoms with E-state index in [1.807, 2.05) is 25.3 Å². The lowest BCUT2D eigenvalue weighted by molar-refractivity contribution is 0.598. The molecule has 29 heavy (non-hydrogen) atoms. The van der Waals surface area contributed by atoms with E-state index < -0.39 is 0 Å². The van der Waals surface area contributed by atoms with Crippen LogP contribution >= 0.6 is 0 Å². The third-order valence-corrected chi connectivity index (χ3v) is 6.12. The summed E-state index contributed by atoms with van der Waals surface area (Å²) in [5, 5.41) is 1.14. The van der Waals surface area contributed by atoms with Gasteiger partial charge in [-0.05, 0) is 55.2 Å². The maximum Gasteiger partial charge on any atom is 0.138 e. The first kappa shape index (κ1) is 17.9. The number of hydrogen-bond donors (Lipinski definition) is 0. The second-order valence-electron chi connectivity index (χ2n) is 7.91. The van der Waals surface area contributed by atoms with Gasteiger partial charge in [0.15, 0.2) is 0 Å². The van der Waals surface area contributed by atoms with Gasteiger partial charge in [-0.15, -0.1) is 0 Å². The quantitative estimate of drug-likeness (QED) is 0.471. The van der Waals surface area contributed by atoms with Crippen molar-refractivity contribution in [2.24, 2.45) is 0 Å². The molecule has 2 aromatic heterocycles. The maximum atomic E-state index is 14.5. The van der Waals surface area contributed by atoms with E-state index in [-0.39, 0.29) is 5.82 Å². The predicted octanol–water partition coefficient (Wildman–Crippen LogP) is 5.40. The molecule has 0 bridgehead atoms. The Morgan fingerprint density at radius 1 is 1.00 bits per heavy atom. The van der Waals surface area contributed by atoms with Crippen molar-refractivity contribution in [3.8, 4) is 0 Å². The van der Waals surface area contributed by atoms with E-state index in [1.54, 1.807) is 12.1 Å². The topological polar surface area (TPSA) is 21.1 Å². The van der Waals surface area contributed by atoms with Crippen molar-refractivity contribution < 1.29 is 4.39 Å². The largest absolute Gasteiger partial charge is 0.351 e. The summed E-state index contributed by atoms with van der Waals surface area (Å²) in [5.74, 6) is 0.872. The number of halogens is 1. The molecule has 0 radical (unpaired) electrons. The van der Waals surface area contributed by atoms with Gasteiger partial charge in [0, 0.05) is 35.9 Å². The fourth-order valence-electron chi connectivity index (χ4n) is 4.47. The fourth-order valence-corrected chi connectivity index (χ4v) is 4.47. The van der Waals surface area contributed by atoms with Gasteiger partial charge in [-0.2, -0.15) is 0 Å². The Hall–Kier alpha value is -3.14. The lowest BCUT2D eigenvalue weighted by Crippen LogP contribution is -2.31. The molecule has 0 aliphatic carbocycles. The maximum absolute atomic E-state index is 14.5. The van der Waals surface area contributed by atoms with Gasteiger partial charge < -0.3 is 9.47 Å². The highest BCUT2D eigenvalue weighted by Crippen LogP contribution is 2.32. The first-order valence-electron chi connectivity index (χ1n) is 10.1. The van der Waals surface area contributed by atoms with Gasteiger partial charge in [0.1, 0.15) is 11.6 Å². The molecule has 0 N–H and O–H groups in total. The van der Waals surface area contributed by atoms with Crippen LogP contribution in [-0.2, 0) is 19.5 Å². The Balaban J connectivity index is 1.56. The molecule has 0 saturated carbocycles. The van der Waals surface area contributed by atoms with Crippen molar-refractivity contribution in [1.29, 1.82) is 0 Å². The van der Waals surface area contributed by atoms with Crippen molar-refractivity contribution in [3.63, 3.8) is 0 Å². The van der Waals surface area contributed by atoms with E-state index in [9.17, 15) is 4.39 Å². The normalized spacial score (nSPS) is 13.7. The van der Waals surface area contributed by atoms with Crippen LogP contribution < -0.4 is 4.90 Å². The Labute approximate surface area is 170 Å². The predicted molar refractivity (Wildman–Crippen MR) is 116 cm³/mol. The zero-order valence-corrected chi connectivity index (χ0v) is 16.8. The van der Waals surface area contributed by atoms with E-state index in [4.69, 9.17) is 4.98 Å². The Bertz CT molecular complexity index is 1190. The van der Waals surface area contributed by atoms with Crippen LogP contribution in [0.5, 0.6) is 0 Å². The van der Waals surface area contributed by atoms with Crippen molar-refractivity contribution in [2.75, 3.05) is 11.4 Å². The van der Waals surface area contributed by atoms with E-state index in [0.717, 1.165) is 53.1 Å². The molecule has 0 fully saturated rings. The zero-order chi connectivity index (χ0) is 20.0. The second kappa shape index (κ2) is 7.03. The van der Waals surface area contributed by atoms with Crippen LogP contribution in [0.3, 0.4) is 0 Å². The average Bonchev–Trinajstić information content (AvgIpc) is 3.05. The SMILES string of the molecule is Cc1cccc(F)c1Cn1c(C)cc2c(N3CCc4ccccc4C3)nccc21. The highest BCUT2D eigenvalue weighted by molar-refractivity contribution is 5.91. The summed E-state index contributed by atoms with van der Waals surface area (Å²) >= 11 is 0. The first-order chi connectivity index (χ1) is 14.1. The number of aromatic nitrogens is 2. The lowest BCUT2D eigenvalue weighted by atomic mass is 10.00. The molecule has 4 heteroatoms. The third kappa shape index (κ3) is 3.09. The van der Waals surface area contributed by atoms with Gasteiger partial charge in [-0.25, -0.2) is 9.37 Å². The van der Waals surface area contributed by atoms with E-state index >= 15 is 0 Å². The fraction of sp³-hybridized carbons (Fsp3) is 0.240. The van der Waals surface area contributed by atoms with E-state index in [1.165, 1.54) is 11.1 Å². The Morgan fingerprint density at radius 3 is 2.66 bits per heavy atom. The molecule has 3 nitrogen and oxygen atoms in total. The summed E-state index contributed by atoms with van der Waals surface area (Å²) in [5.41, 5.74) is 6.75. The van der Waals surface area contributed by atoms with Gasteiger partial charge in [-0.1, -0.05) is 36.4 Å². The van der Waals surface area contributed by atoms with Gasteiger partial charge in [0.05, 0.1) is 12.1 Å². The van der Waals surface area contributed by atoms with Crippen LogP contribution in [0.25, 0.3) is 10.9 Å². The molecular weight excluding hydrogens is 361 g/mol. The summed E-state index contributed by atoms with van der Waals surface area (Å²) in [4.78, 5) is 7.10. The molecular formula is C25H24FN3. The average molecular weight is 385 g/mol. The molecule has 5 rings (SSSR count). The van der Waals surface area contributed by atoms with Crippen LogP contribution in [0, 0.1) is 19.7 Å². The number of aryl methyl sites for hydroxylation is 2. The van der Waals surface area contributed by atoms with Gasteiger partial charge in [0.25, 0.3) is 0 Å². The van der Waals surface area contributed by atoms with Crippen LogP contribution in [0.2, 0.25) is 0 Å². The second-order valence-corrected chi connectivity index (χ2v) is 7.91. The van der Waals surface area contributed by atoms with Gasteiger partial charge in [-0.3, -0.25) is 0 Å². The molecule has 0 atom stereocenters. The van der Waals surface area contributed by atoms with Crippen molar-refractivity contribution >= 4 is 16.7 Å². The number of fused-ring (bicyclic) bond motifs is 2. The number of benzene rings is 2. The number of nitrogens with zero attached hydrogens (tertiary/aromatic N) is 3. The van der Waals surface area contributed by atoms with Crippen LogP contribution in [-0.4, -0.2) is 16.1 Å². The highest BCUT2D eigenvalue weighted by atomic mass is 19.1. The molecule has 0 spiro atoms. The summed E-state index contributed by atoms with van der Waals surface area (Å²) in [6.07, 6.45) is 2.91. The summed E-state index contributed by atoms with van der Waals surface area (Å²) in [7, 11) is 0.